The van der Waals surface area contributed by atoms with Crippen LogP contribution in [-0.4, -0.2) is 29.0 Å². The van der Waals surface area contributed by atoms with E-state index in [4.69, 9.17) is 4.74 Å². The molecular formula is C11H14N2O2. The Bertz CT molecular complexity index is 342. The number of hydrogen-bond acceptors (Lipinski definition) is 4. The zero-order valence-electron chi connectivity index (χ0n) is 8.77. The van der Waals surface area contributed by atoms with Crippen molar-refractivity contribution >= 4 is 5.78 Å². The second-order valence-corrected chi connectivity index (χ2v) is 3.86. The Morgan fingerprint density at radius 2 is 2.20 bits per heavy atom. The van der Waals surface area contributed by atoms with Crippen LogP contribution < -0.4 is 0 Å². The first-order chi connectivity index (χ1) is 7.27. The molecule has 0 bridgehead atoms. The highest BCUT2D eigenvalue weighted by molar-refractivity contribution is 5.94. The summed E-state index contributed by atoms with van der Waals surface area (Å²) in [5.74, 6) is 0.271. The number of Topliss-reactive ketones (excluding diaryl/α,β-unsaturated/α-hetero) is 1. The first-order valence-electron chi connectivity index (χ1n) is 5.18. The first kappa shape index (κ1) is 10.2. The van der Waals surface area contributed by atoms with Crippen LogP contribution in [-0.2, 0) is 4.74 Å². The molecule has 0 saturated carbocycles. The van der Waals surface area contributed by atoms with Crippen molar-refractivity contribution in [2.24, 2.45) is 5.92 Å². The fourth-order valence-electron chi connectivity index (χ4n) is 1.65. The molecule has 0 spiro atoms. The van der Waals surface area contributed by atoms with Crippen LogP contribution in [0.3, 0.4) is 0 Å². The Balaban J connectivity index is 2.09. The van der Waals surface area contributed by atoms with Crippen LogP contribution >= 0.6 is 0 Å². The lowest BCUT2D eigenvalue weighted by Crippen LogP contribution is -2.26. The summed E-state index contributed by atoms with van der Waals surface area (Å²) in [7, 11) is 0. The highest BCUT2D eigenvalue weighted by Crippen LogP contribution is 2.17. The number of rotatable bonds is 2. The van der Waals surface area contributed by atoms with E-state index in [-0.39, 0.29) is 11.7 Å². The molecule has 2 heterocycles. The van der Waals surface area contributed by atoms with E-state index in [1.54, 1.807) is 12.4 Å². The van der Waals surface area contributed by atoms with Crippen molar-refractivity contribution < 1.29 is 9.53 Å². The summed E-state index contributed by atoms with van der Waals surface area (Å²) in [5, 5.41) is 0. The Morgan fingerprint density at radius 3 is 2.80 bits per heavy atom. The number of nitrogens with zero attached hydrogens (tertiary/aromatic N) is 2. The van der Waals surface area contributed by atoms with E-state index in [9.17, 15) is 4.79 Å². The van der Waals surface area contributed by atoms with Gasteiger partial charge in [0.05, 0.1) is 6.61 Å². The van der Waals surface area contributed by atoms with Gasteiger partial charge in [0.1, 0.15) is 0 Å². The highest BCUT2D eigenvalue weighted by atomic mass is 16.5. The van der Waals surface area contributed by atoms with Gasteiger partial charge in [-0.05, 0) is 25.3 Å². The van der Waals surface area contributed by atoms with Crippen LogP contribution in [0, 0.1) is 12.8 Å². The monoisotopic (exact) mass is 206 g/mol. The lowest BCUT2D eigenvalue weighted by atomic mass is 9.97. The van der Waals surface area contributed by atoms with Gasteiger partial charge in [-0.15, -0.1) is 0 Å². The van der Waals surface area contributed by atoms with Crippen LogP contribution in [0.5, 0.6) is 0 Å². The lowest BCUT2D eigenvalue weighted by molar-refractivity contribution is 0.0454. The lowest BCUT2D eigenvalue weighted by Gasteiger charge is -2.19. The summed E-state index contributed by atoms with van der Waals surface area (Å²) < 4.78 is 5.27. The maximum absolute atomic E-state index is 11.9. The van der Waals surface area contributed by atoms with E-state index >= 15 is 0 Å². The van der Waals surface area contributed by atoms with Crippen LogP contribution in [0.4, 0.5) is 0 Å². The highest BCUT2D eigenvalue weighted by Gasteiger charge is 2.24. The number of carbonyl (C=O) groups is 1. The molecule has 1 atom stereocenters. The number of aromatic nitrogens is 2. The average Bonchev–Trinajstić information content (AvgIpc) is 2.30. The summed E-state index contributed by atoms with van der Waals surface area (Å²) in [4.78, 5) is 20.0. The minimum absolute atomic E-state index is 0.00898. The molecule has 0 radical (unpaired) electrons. The van der Waals surface area contributed by atoms with Gasteiger partial charge in [-0.1, -0.05) is 0 Å². The van der Waals surface area contributed by atoms with Crippen molar-refractivity contribution in [1.29, 1.82) is 0 Å². The van der Waals surface area contributed by atoms with Gasteiger partial charge in [-0.3, -0.25) is 4.79 Å². The second kappa shape index (κ2) is 4.49. The molecule has 1 aromatic heterocycles. The smallest absolute Gasteiger partial charge is 0.205 e. The molecule has 1 fully saturated rings. The van der Waals surface area contributed by atoms with Gasteiger partial charge in [0.15, 0.2) is 5.82 Å². The third-order valence-corrected chi connectivity index (χ3v) is 2.53. The first-order valence-corrected chi connectivity index (χ1v) is 5.18. The van der Waals surface area contributed by atoms with Crippen molar-refractivity contribution in [3.05, 3.63) is 23.8 Å². The largest absolute Gasteiger partial charge is 0.381 e. The molecule has 0 aromatic carbocycles. The van der Waals surface area contributed by atoms with Gasteiger partial charge in [0, 0.05) is 24.9 Å². The molecule has 0 amide bonds. The maximum atomic E-state index is 11.9. The van der Waals surface area contributed by atoms with Crippen LogP contribution in [0.2, 0.25) is 0 Å². The molecule has 2 rings (SSSR count). The summed E-state index contributed by atoms with van der Waals surface area (Å²) in [6, 6.07) is 0. The Hall–Kier alpha value is -1.29. The molecule has 80 valence electrons. The Morgan fingerprint density at radius 1 is 1.47 bits per heavy atom. The number of hydrogen-bond donors (Lipinski definition) is 0. The summed E-state index contributed by atoms with van der Waals surface area (Å²) >= 11 is 0. The van der Waals surface area contributed by atoms with Gasteiger partial charge in [0.2, 0.25) is 5.78 Å². The Labute approximate surface area is 88.7 Å². The molecule has 1 saturated heterocycles. The van der Waals surface area contributed by atoms with Crippen molar-refractivity contribution in [2.75, 3.05) is 13.2 Å². The molecule has 1 aliphatic heterocycles. The van der Waals surface area contributed by atoms with Crippen LogP contribution in [0.15, 0.2) is 12.4 Å². The van der Waals surface area contributed by atoms with Crippen molar-refractivity contribution in [3.63, 3.8) is 0 Å². The van der Waals surface area contributed by atoms with E-state index in [0.29, 0.717) is 12.4 Å². The molecular weight excluding hydrogens is 192 g/mol. The summed E-state index contributed by atoms with van der Waals surface area (Å²) in [5.41, 5.74) is 0.964. The van der Waals surface area contributed by atoms with E-state index in [2.05, 4.69) is 9.97 Å². The second-order valence-electron chi connectivity index (χ2n) is 3.86. The van der Waals surface area contributed by atoms with E-state index in [1.165, 1.54) is 0 Å². The topological polar surface area (TPSA) is 52.1 Å². The molecule has 0 aliphatic carbocycles. The van der Waals surface area contributed by atoms with E-state index in [1.807, 2.05) is 6.92 Å². The van der Waals surface area contributed by atoms with Crippen molar-refractivity contribution in [2.45, 2.75) is 19.8 Å². The molecule has 1 aromatic rings. The Kier molecular flexibility index (Phi) is 3.06. The third-order valence-electron chi connectivity index (χ3n) is 2.53. The van der Waals surface area contributed by atoms with Gasteiger partial charge in [0.25, 0.3) is 0 Å². The van der Waals surface area contributed by atoms with Gasteiger partial charge in [-0.2, -0.15) is 0 Å². The fourth-order valence-corrected chi connectivity index (χ4v) is 1.65. The van der Waals surface area contributed by atoms with Crippen molar-refractivity contribution in [1.82, 2.24) is 9.97 Å². The molecule has 0 N–H and O–H groups in total. The maximum Gasteiger partial charge on any atom is 0.205 e. The SMILES string of the molecule is Cc1cnc(C(=O)C2CCCOC2)nc1. The molecule has 4 heteroatoms. The van der Waals surface area contributed by atoms with Crippen molar-refractivity contribution in [3.8, 4) is 0 Å². The normalized spacial score (nSPS) is 21.3. The molecule has 1 aliphatic rings. The van der Waals surface area contributed by atoms with Gasteiger partial charge < -0.3 is 4.74 Å². The number of ketones is 1. The summed E-state index contributed by atoms with van der Waals surface area (Å²) in [6.45, 7) is 3.17. The van der Waals surface area contributed by atoms with Gasteiger partial charge in [-0.25, -0.2) is 9.97 Å². The average molecular weight is 206 g/mol. The number of carbonyl (C=O) groups excluding carboxylic acids is 1. The predicted octanol–water partition coefficient (Wildman–Crippen LogP) is 1.39. The standard InChI is InChI=1S/C11H14N2O2/c1-8-5-12-11(13-6-8)10(14)9-3-2-4-15-7-9/h5-6,9H,2-4,7H2,1H3. The minimum atomic E-state index is -0.0542. The predicted molar refractivity (Wildman–Crippen MR) is 54.6 cm³/mol. The van der Waals surface area contributed by atoms with Crippen LogP contribution in [0.25, 0.3) is 0 Å². The van der Waals surface area contributed by atoms with Crippen LogP contribution in [0.1, 0.15) is 29.0 Å². The van der Waals surface area contributed by atoms with E-state index in [0.717, 1.165) is 25.0 Å². The fraction of sp³-hybridized carbons (Fsp3) is 0.545. The number of aryl methyl sites for hydroxylation is 1. The quantitative estimate of drug-likeness (QED) is 0.686. The third kappa shape index (κ3) is 2.39. The zero-order valence-corrected chi connectivity index (χ0v) is 8.77. The van der Waals surface area contributed by atoms with E-state index < -0.39 is 0 Å². The molecule has 15 heavy (non-hydrogen) atoms. The number of ether oxygens (including phenoxy) is 1. The minimum Gasteiger partial charge on any atom is -0.381 e. The molecule has 4 nitrogen and oxygen atoms in total. The van der Waals surface area contributed by atoms with Gasteiger partial charge >= 0.3 is 0 Å². The summed E-state index contributed by atoms with van der Waals surface area (Å²) in [6.07, 6.45) is 5.17. The molecule has 1 unspecified atom stereocenters. The zero-order chi connectivity index (χ0) is 10.7.